The quantitative estimate of drug-likeness (QED) is 0.107. The summed E-state index contributed by atoms with van der Waals surface area (Å²) in [5.74, 6) is 0.923. The van der Waals surface area contributed by atoms with Gasteiger partial charge in [0.1, 0.15) is 5.71 Å². The van der Waals surface area contributed by atoms with Crippen molar-refractivity contribution < 1.29 is 14.3 Å². The van der Waals surface area contributed by atoms with E-state index in [1.54, 1.807) is 24.2 Å². The van der Waals surface area contributed by atoms with Crippen LogP contribution < -0.4 is 5.32 Å². The van der Waals surface area contributed by atoms with Crippen molar-refractivity contribution in [3.8, 4) is 0 Å². The Balaban J connectivity index is 0.00000411. The molecule has 0 aromatic rings. The Hall–Kier alpha value is -3.00. The first kappa shape index (κ1) is 36.0. The molecule has 41 heavy (non-hydrogen) atoms. The van der Waals surface area contributed by atoms with E-state index in [-0.39, 0.29) is 23.6 Å². The number of ether oxygens (including phenoxy) is 1. The van der Waals surface area contributed by atoms with Crippen LogP contribution in [0.25, 0.3) is 0 Å². The Labute approximate surface area is 249 Å². The zero-order chi connectivity index (χ0) is 30.6. The fraction of sp³-hybridized carbons (Fsp3) is 0.636. The number of piperidine rings is 1. The number of carbonyl (C=O) groups excluding carboxylic acids is 2. The van der Waals surface area contributed by atoms with Gasteiger partial charge in [-0.25, -0.2) is 0 Å². The number of likely N-dealkylation sites (tertiary alicyclic amines) is 2. The molecule has 0 saturated carbocycles. The summed E-state index contributed by atoms with van der Waals surface area (Å²) >= 11 is 0. The van der Waals surface area contributed by atoms with Crippen LogP contribution in [0.5, 0.6) is 0 Å². The second kappa shape index (κ2) is 20.8. The Morgan fingerprint density at radius 2 is 1.83 bits per heavy atom. The van der Waals surface area contributed by atoms with Gasteiger partial charge in [-0.15, -0.1) is 0 Å². The maximum atomic E-state index is 12.6. The lowest BCUT2D eigenvalue weighted by atomic mass is 10.0. The smallest absolute Gasteiger partial charge is 0.267 e. The SMILES string of the molecule is C=C(CC/C(C)=N/N=C(\C)C(=O)NC1CC(=O)N(C/C=C\C/C(=C\C(C)C)CN2CCCCC2)C1)O/C=C\C.CC. The molecule has 2 amide bonds. The van der Waals surface area contributed by atoms with Crippen LogP contribution in [0, 0.1) is 5.92 Å². The molecule has 2 heterocycles. The third-order valence-electron chi connectivity index (χ3n) is 6.70. The van der Waals surface area contributed by atoms with Crippen LogP contribution in [-0.4, -0.2) is 71.8 Å². The number of hydrogen-bond acceptors (Lipinski definition) is 6. The minimum Gasteiger partial charge on any atom is -0.470 e. The Morgan fingerprint density at radius 3 is 2.49 bits per heavy atom. The molecule has 2 aliphatic heterocycles. The minimum atomic E-state index is -0.302. The lowest BCUT2D eigenvalue weighted by Gasteiger charge is -2.27. The predicted octanol–water partition coefficient (Wildman–Crippen LogP) is 6.43. The van der Waals surface area contributed by atoms with Gasteiger partial charge < -0.3 is 15.0 Å². The van der Waals surface area contributed by atoms with Crippen LogP contribution in [0.4, 0.5) is 0 Å². The summed E-state index contributed by atoms with van der Waals surface area (Å²) in [6.45, 7) is 22.1. The van der Waals surface area contributed by atoms with Gasteiger partial charge in [-0.05, 0) is 65.5 Å². The van der Waals surface area contributed by atoms with Crippen LogP contribution in [0.2, 0.25) is 0 Å². The third kappa shape index (κ3) is 15.5. The van der Waals surface area contributed by atoms with E-state index >= 15 is 0 Å². The van der Waals surface area contributed by atoms with Crippen molar-refractivity contribution in [3.63, 3.8) is 0 Å². The highest BCUT2D eigenvalue weighted by Crippen LogP contribution is 2.16. The minimum absolute atomic E-state index is 0.0556. The van der Waals surface area contributed by atoms with Crippen LogP contribution >= 0.6 is 0 Å². The average molecular weight is 570 g/mol. The molecule has 0 spiro atoms. The van der Waals surface area contributed by atoms with E-state index in [2.05, 4.69) is 59.1 Å². The topological polar surface area (TPSA) is 86.6 Å². The largest absolute Gasteiger partial charge is 0.470 e. The van der Waals surface area contributed by atoms with Gasteiger partial charge in [0.15, 0.2) is 0 Å². The molecule has 1 N–H and O–H groups in total. The van der Waals surface area contributed by atoms with Gasteiger partial charge in [0, 0.05) is 38.2 Å². The summed E-state index contributed by atoms with van der Waals surface area (Å²) in [4.78, 5) is 29.5. The average Bonchev–Trinajstić information content (AvgIpc) is 3.31. The number of amides is 2. The van der Waals surface area contributed by atoms with Gasteiger partial charge in [-0.2, -0.15) is 10.2 Å². The van der Waals surface area contributed by atoms with E-state index < -0.39 is 0 Å². The van der Waals surface area contributed by atoms with Gasteiger partial charge in [0.25, 0.3) is 5.91 Å². The molecule has 8 heteroatoms. The van der Waals surface area contributed by atoms with Crippen LogP contribution in [0.3, 0.4) is 0 Å². The second-order valence-electron chi connectivity index (χ2n) is 10.9. The van der Waals surface area contributed by atoms with Crippen LogP contribution in [0.15, 0.2) is 58.7 Å². The van der Waals surface area contributed by atoms with E-state index in [4.69, 9.17) is 4.74 Å². The molecule has 0 bridgehead atoms. The molecule has 0 aliphatic carbocycles. The molecule has 2 saturated heterocycles. The number of allylic oxidation sites excluding steroid dienone is 4. The van der Waals surface area contributed by atoms with Crippen molar-refractivity contribution in [3.05, 3.63) is 48.5 Å². The van der Waals surface area contributed by atoms with Gasteiger partial charge in [0.05, 0.1) is 18.1 Å². The van der Waals surface area contributed by atoms with Gasteiger partial charge >= 0.3 is 0 Å². The van der Waals surface area contributed by atoms with Crippen molar-refractivity contribution in [2.75, 3.05) is 32.7 Å². The summed E-state index contributed by atoms with van der Waals surface area (Å²) in [7, 11) is 0. The molecule has 2 fully saturated rings. The molecular weight excluding hydrogens is 514 g/mol. The maximum absolute atomic E-state index is 12.6. The number of nitrogens with zero attached hydrogens (tertiary/aromatic N) is 4. The Morgan fingerprint density at radius 1 is 1.12 bits per heavy atom. The zero-order valence-electron chi connectivity index (χ0n) is 26.7. The molecule has 8 nitrogen and oxygen atoms in total. The highest BCUT2D eigenvalue weighted by atomic mass is 16.5. The fourth-order valence-corrected chi connectivity index (χ4v) is 4.63. The molecule has 1 atom stereocenters. The summed E-state index contributed by atoms with van der Waals surface area (Å²) in [6.07, 6.45) is 16.4. The molecular formula is C33H55N5O3. The second-order valence-corrected chi connectivity index (χ2v) is 10.9. The monoisotopic (exact) mass is 569 g/mol. The first-order valence-corrected chi connectivity index (χ1v) is 15.4. The standard InChI is InChI=1S/C31H49N5O3.C2H6/c1-7-19-39-26(5)15-14-25(4)33-34-27(6)31(38)32-29-21-30(37)36(23-29)18-12-9-13-28(20-24(2)3)22-35-16-10-8-11-17-35;1-2/h7,9,12,19-20,24,29H,5,8,10-11,13-18,21-23H2,1-4,6H3,(H,32,38);1-2H3/b12-9-,19-7-,28-20+,33-25+,34-27+;. The zero-order valence-corrected chi connectivity index (χ0v) is 26.7. The molecule has 2 rings (SSSR count). The normalized spacial score (nSPS) is 19.2. The Bertz CT molecular complexity index is 971. The van der Waals surface area contributed by atoms with E-state index in [9.17, 15) is 9.59 Å². The van der Waals surface area contributed by atoms with Crippen molar-refractivity contribution in [1.82, 2.24) is 15.1 Å². The molecule has 2 aliphatic rings. The molecule has 0 aromatic carbocycles. The number of carbonyl (C=O) groups is 2. The predicted molar refractivity (Wildman–Crippen MR) is 172 cm³/mol. The van der Waals surface area contributed by atoms with Crippen molar-refractivity contribution in [1.29, 1.82) is 0 Å². The van der Waals surface area contributed by atoms with Crippen LogP contribution in [0.1, 0.15) is 93.4 Å². The van der Waals surface area contributed by atoms with E-state index in [1.165, 1.54) is 37.9 Å². The number of rotatable bonds is 15. The lowest BCUT2D eigenvalue weighted by Crippen LogP contribution is -2.40. The van der Waals surface area contributed by atoms with Gasteiger partial charge in [-0.3, -0.25) is 14.5 Å². The van der Waals surface area contributed by atoms with E-state index in [0.717, 1.165) is 18.7 Å². The number of nitrogens with one attached hydrogen (secondary N) is 1. The molecule has 230 valence electrons. The lowest BCUT2D eigenvalue weighted by molar-refractivity contribution is -0.127. The van der Waals surface area contributed by atoms with E-state index in [1.807, 2.05) is 27.7 Å². The van der Waals surface area contributed by atoms with Gasteiger partial charge in [-0.1, -0.05) is 70.6 Å². The molecule has 1 unspecified atom stereocenters. The fourth-order valence-electron chi connectivity index (χ4n) is 4.63. The highest BCUT2D eigenvalue weighted by Gasteiger charge is 2.30. The Kier molecular flexibility index (Phi) is 18.3. The highest BCUT2D eigenvalue weighted by molar-refractivity contribution is 6.38. The maximum Gasteiger partial charge on any atom is 0.267 e. The van der Waals surface area contributed by atoms with Crippen LogP contribution in [-0.2, 0) is 14.3 Å². The number of hydrogen-bond donors (Lipinski definition) is 1. The van der Waals surface area contributed by atoms with Crippen molar-refractivity contribution >= 4 is 23.2 Å². The van der Waals surface area contributed by atoms with E-state index in [0.29, 0.717) is 44.0 Å². The summed E-state index contributed by atoms with van der Waals surface area (Å²) in [6, 6.07) is -0.226. The van der Waals surface area contributed by atoms with Gasteiger partial charge in [0.2, 0.25) is 5.91 Å². The van der Waals surface area contributed by atoms with Crippen molar-refractivity contribution in [2.45, 2.75) is 99.5 Å². The van der Waals surface area contributed by atoms with Crippen molar-refractivity contribution in [2.24, 2.45) is 16.1 Å². The first-order chi connectivity index (χ1) is 19.7. The first-order valence-electron chi connectivity index (χ1n) is 15.4. The summed E-state index contributed by atoms with van der Waals surface area (Å²) < 4.78 is 5.31. The summed E-state index contributed by atoms with van der Waals surface area (Å²) in [5.41, 5.74) is 2.49. The molecule has 0 aromatic heterocycles. The molecule has 0 radical (unpaired) electrons. The third-order valence-corrected chi connectivity index (χ3v) is 6.70. The summed E-state index contributed by atoms with van der Waals surface area (Å²) in [5, 5.41) is 11.2.